The molecule has 4 rings (SSSR count). The van der Waals surface area contributed by atoms with Crippen molar-refractivity contribution in [1.29, 1.82) is 0 Å². The van der Waals surface area contributed by atoms with Crippen LogP contribution >= 0.6 is 0 Å². The molecule has 0 fully saturated rings. The first-order chi connectivity index (χ1) is 10.2. The molecule has 104 valence electrons. The molecule has 0 unspecified atom stereocenters. The molecule has 0 amide bonds. The van der Waals surface area contributed by atoms with Gasteiger partial charge in [-0.15, -0.1) is 0 Å². The first-order valence-corrected chi connectivity index (χ1v) is 7.00. The number of benzene rings is 2. The molecular formula is C17H14N2O2. The van der Waals surface area contributed by atoms with Crippen LogP contribution in [0.4, 0.5) is 0 Å². The molecule has 0 atom stereocenters. The molecule has 0 aliphatic heterocycles. The average molecular weight is 278 g/mol. The summed E-state index contributed by atoms with van der Waals surface area (Å²) < 4.78 is 0. The van der Waals surface area contributed by atoms with E-state index >= 15 is 0 Å². The second-order valence-electron chi connectivity index (χ2n) is 5.53. The van der Waals surface area contributed by atoms with Crippen LogP contribution in [0.1, 0.15) is 33.2 Å². The Morgan fingerprint density at radius 1 is 1.14 bits per heavy atom. The molecule has 1 aliphatic rings. The smallest absolute Gasteiger partial charge is 0.335 e. The van der Waals surface area contributed by atoms with Gasteiger partial charge in [0.2, 0.25) is 0 Å². The van der Waals surface area contributed by atoms with Gasteiger partial charge in [-0.3, -0.25) is 0 Å². The van der Waals surface area contributed by atoms with Crippen LogP contribution in [0, 0.1) is 0 Å². The molecular weight excluding hydrogens is 264 g/mol. The van der Waals surface area contributed by atoms with E-state index < -0.39 is 5.97 Å². The Morgan fingerprint density at radius 2 is 1.86 bits per heavy atom. The summed E-state index contributed by atoms with van der Waals surface area (Å²) in [6, 6.07) is 13.5. The SMILES string of the molecule is O=C(O)c1ccc2nc(C3Cc4ccccc4C3)[nH]c2c1. The number of fused-ring (bicyclic) bond motifs is 2. The van der Waals surface area contributed by atoms with Crippen molar-refractivity contribution in [2.45, 2.75) is 18.8 Å². The molecule has 0 saturated carbocycles. The Morgan fingerprint density at radius 3 is 2.52 bits per heavy atom. The van der Waals surface area contributed by atoms with Crippen molar-refractivity contribution < 1.29 is 9.90 Å². The third-order valence-electron chi connectivity index (χ3n) is 4.18. The highest BCUT2D eigenvalue weighted by atomic mass is 16.4. The summed E-state index contributed by atoms with van der Waals surface area (Å²) in [5.41, 5.74) is 4.67. The third kappa shape index (κ3) is 2.00. The normalized spacial score (nSPS) is 14.5. The number of hydrogen-bond acceptors (Lipinski definition) is 2. The predicted molar refractivity (Wildman–Crippen MR) is 79.6 cm³/mol. The Bertz CT molecular complexity index is 826. The monoisotopic (exact) mass is 278 g/mol. The number of carbonyl (C=O) groups is 1. The standard InChI is InChI=1S/C17H14N2O2/c20-17(21)12-5-6-14-15(9-12)19-16(18-14)13-7-10-3-1-2-4-11(10)8-13/h1-6,9,13H,7-8H2,(H,18,19)(H,20,21). The number of carboxylic acid groups (broad SMARTS) is 1. The molecule has 0 spiro atoms. The first-order valence-electron chi connectivity index (χ1n) is 7.00. The zero-order valence-electron chi connectivity index (χ0n) is 11.3. The maximum atomic E-state index is 11.0. The number of imidazole rings is 1. The van der Waals surface area contributed by atoms with Gasteiger partial charge in [-0.1, -0.05) is 24.3 Å². The van der Waals surface area contributed by atoms with Gasteiger partial charge in [0.1, 0.15) is 5.82 Å². The average Bonchev–Trinajstić information content (AvgIpc) is 3.09. The molecule has 4 nitrogen and oxygen atoms in total. The first kappa shape index (κ1) is 12.1. The van der Waals surface area contributed by atoms with Crippen molar-refractivity contribution in [3.63, 3.8) is 0 Å². The third-order valence-corrected chi connectivity index (χ3v) is 4.18. The lowest BCUT2D eigenvalue weighted by molar-refractivity contribution is 0.0697. The highest BCUT2D eigenvalue weighted by Crippen LogP contribution is 2.33. The van der Waals surface area contributed by atoms with Crippen LogP contribution in [0.25, 0.3) is 11.0 Å². The van der Waals surface area contributed by atoms with Gasteiger partial charge in [-0.2, -0.15) is 0 Å². The zero-order chi connectivity index (χ0) is 14.4. The van der Waals surface area contributed by atoms with Crippen LogP contribution in [0.3, 0.4) is 0 Å². The number of hydrogen-bond donors (Lipinski definition) is 2. The van der Waals surface area contributed by atoms with E-state index in [1.807, 2.05) is 0 Å². The predicted octanol–water partition coefficient (Wildman–Crippen LogP) is 3.14. The number of aromatic carboxylic acids is 1. The van der Waals surface area contributed by atoms with Crippen LogP contribution in [0.2, 0.25) is 0 Å². The number of nitrogens with one attached hydrogen (secondary N) is 1. The molecule has 1 aliphatic carbocycles. The van der Waals surface area contributed by atoms with Gasteiger partial charge in [-0.25, -0.2) is 9.78 Å². The lowest BCUT2D eigenvalue weighted by Gasteiger charge is -2.03. The summed E-state index contributed by atoms with van der Waals surface area (Å²) in [6.07, 6.45) is 1.98. The Labute approximate surface area is 121 Å². The molecule has 2 aromatic carbocycles. The van der Waals surface area contributed by atoms with Crippen molar-refractivity contribution in [2.24, 2.45) is 0 Å². The highest BCUT2D eigenvalue weighted by molar-refractivity contribution is 5.92. The van der Waals surface area contributed by atoms with Crippen molar-refractivity contribution >= 4 is 17.0 Å². The Balaban J connectivity index is 1.71. The van der Waals surface area contributed by atoms with Crippen molar-refractivity contribution in [3.8, 4) is 0 Å². The summed E-state index contributed by atoms with van der Waals surface area (Å²) >= 11 is 0. The van der Waals surface area contributed by atoms with Crippen LogP contribution < -0.4 is 0 Å². The minimum Gasteiger partial charge on any atom is -0.478 e. The van der Waals surface area contributed by atoms with Crippen molar-refractivity contribution in [2.75, 3.05) is 0 Å². The summed E-state index contributed by atoms with van der Waals surface area (Å²) in [4.78, 5) is 18.9. The van der Waals surface area contributed by atoms with E-state index in [4.69, 9.17) is 5.11 Å². The number of aromatic nitrogens is 2. The number of aromatic amines is 1. The lowest BCUT2D eigenvalue weighted by atomic mass is 10.1. The summed E-state index contributed by atoms with van der Waals surface area (Å²) in [6.45, 7) is 0. The second-order valence-corrected chi connectivity index (χ2v) is 5.53. The zero-order valence-corrected chi connectivity index (χ0v) is 11.3. The molecule has 0 radical (unpaired) electrons. The number of nitrogens with zero attached hydrogens (tertiary/aromatic N) is 1. The van der Waals surface area contributed by atoms with Gasteiger partial charge < -0.3 is 10.1 Å². The van der Waals surface area contributed by atoms with Gasteiger partial charge in [0, 0.05) is 5.92 Å². The largest absolute Gasteiger partial charge is 0.478 e. The van der Waals surface area contributed by atoms with Gasteiger partial charge in [0.15, 0.2) is 0 Å². The maximum absolute atomic E-state index is 11.0. The van der Waals surface area contributed by atoms with Crippen LogP contribution in [0.15, 0.2) is 42.5 Å². The molecule has 0 bridgehead atoms. The Kier molecular flexibility index (Phi) is 2.57. The van der Waals surface area contributed by atoms with E-state index in [-0.39, 0.29) is 5.56 Å². The number of carboxylic acids is 1. The van der Waals surface area contributed by atoms with Crippen LogP contribution in [-0.2, 0) is 12.8 Å². The summed E-state index contributed by atoms with van der Waals surface area (Å²) in [7, 11) is 0. The van der Waals surface area contributed by atoms with Crippen LogP contribution in [-0.4, -0.2) is 21.0 Å². The minimum atomic E-state index is -0.915. The molecule has 0 saturated heterocycles. The van der Waals surface area contributed by atoms with E-state index in [0.29, 0.717) is 5.92 Å². The molecule has 1 aromatic heterocycles. The second kappa shape index (κ2) is 4.45. The molecule has 2 N–H and O–H groups in total. The molecule has 21 heavy (non-hydrogen) atoms. The minimum absolute atomic E-state index is 0.285. The van der Waals surface area contributed by atoms with Crippen LogP contribution in [0.5, 0.6) is 0 Å². The van der Waals surface area contributed by atoms with Gasteiger partial charge in [0.05, 0.1) is 16.6 Å². The molecule has 4 heteroatoms. The highest BCUT2D eigenvalue weighted by Gasteiger charge is 2.25. The lowest BCUT2D eigenvalue weighted by Crippen LogP contribution is -2.00. The fraction of sp³-hybridized carbons (Fsp3) is 0.176. The van der Waals surface area contributed by atoms with E-state index in [1.54, 1.807) is 18.2 Å². The van der Waals surface area contributed by atoms with Gasteiger partial charge in [0.25, 0.3) is 0 Å². The van der Waals surface area contributed by atoms with E-state index in [1.165, 1.54) is 11.1 Å². The number of rotatable bonds is 2. The fourth-order valence-corrected chi connectivity index (χ4v) is 3.11. The van der Waals surface area contributed by atoms with E-state index in [9.17, 15) is 4.79 Å². The van der Waals surface area contributed by atoms with E-state index in [0.717, 1.165) is 29.7 Å². The summed E-state index contributed by atoms with van der Waals surface area (Å²) in [5.74, 6) is 0.383. The fourth-order valence-electron chi connectivity index (χ4n) is 3.11. The maximum Gasteiger partial charge on any atom is 0.335 e. The van der Waals surface area contributed by atoms with E-state index in [2.05, 4.69) is 34.2 Å². The van der Waals surface area contributed by atoms with Gasteiger partial charge >= 0.3 is 5.97 Å². The Hall–Kier alpha value is -2.62. The molecule has 1 heterocycles. The molecule has 3 aromatic rings. The van der Waals surface area contributed by atoms with Crippen molar-refractivity contribution in [3.05, 3.63) is 65.0 Å². The quantitative estimate of drug-likeness (QED) is 0.756. The number of H-pyrrole nitrogens is 1. The summed E-state index contributed by atoms with van der Waals surface area (Å²) in [5, 5.41) is 9.05. The van der Waals surface area contributed by atoms with Gasteiger partial charge in [-0.05, 0) is 42.2 Å². The topological polar surface area (TPSA) is 66.0 Å². The van der Waals surface area contributed by atoms with Crippen molar-refractivity contribution in [1.82, 2.24) is 9.97 Å².